The van der Waals surface area contributed by atoms with Crippen LogP contribution in [0.4, 0.5) is 0 Å². The van der Waals surface area contributed by atoms with E-state index in [0.29, 0.717) is 35.7 Å². The lowest BCUT2D eigenvalue weighted by molar-refractivity contribution is -0.136. The number of carbonyl (C=O) groups is 4. The van der Waals surface area contributed by atoms with E-state index in [1.54, 1.807) is 12.1 Å². The number of nitrogens with one attached hydrogen (secondary N) is 3. The summed E-state index contributed by atoms with van der Waals surface area (Å²) in [4.78, 5) is 50.4. The minimum Gasteiger partial charge on any atom is -0.312 e. The van der Waals surface area contributed by atoms with Crippen molar-refractivity contribution in [1.82, 2.24) is 20.9 Å². The molecule has 3 aliphatic heterocycles. The Morgan fingerprint density at radius 3 is 2.70 bits per heavy atom. The number of imide groups is 2. The van der Waals surface area contributed by atoms with Gasteiger partial charge in [-0.1, -0.05) is 12.1 Å². The molecule has 4 amide bonds. The van der Waals surface area contributed by atoms with Gasteiger partial charge in [-0.25, -0.2) is 0 Å². The average molecular weight is 368 g/mol. The summed E-state index contributed by atoms with van der Waals surface area (Å²) >= 11 is 0. The Morgan fingerprint density at radius 1 is 1.11 bits per heavy atom. The molecule has 2 saturated heterocycles. The molecule has 140 valence electrons. The van der Waals surface area contributed by atoms with Gasteiger partial charge in [0.1, 0.15) is 6.04 Å². The number of hydrogen-bond donors (Lipinski definition) is 3. The topological polar surface area (TPSA) is 108 Å². The number of hydrogen-bond acceptors (Lipinski definition) is 6. The van der Waals surface area contributed by atoms with Gasteiger partial charge in [0.2, 0.25) is 11.8 Å². The fraction of sp³-hybridized carbons (Fsp3) is 0.474. The lowest BCUT2D eigenvalue weighted by atomic mass is 10.0. The van der Waals surface area contributed by atoms with E-state index in [1.807, 2.05) is 6.07 Å². The fourth-order valence-corrected chi connectivity index (χ4v) is 4.67. The quantitative estimate of drug-likeness (QED) is 0.621. The summed E-state index contributed by atoms with van der Waals surface area (Å²) in [5, 5.41) is 9.14. The summed E-state index contributed by atoms with van der Waals surface area (Å²) in [7, 11) is 0. The van der Waals surface area contributed by atoms with Crippen molar-refractivity contribution in [2.45, 2.75) is 43.9 Å². The van der Waals surface area contributed by atoms with Crippen LogP contribution >= 0.6 is 0 Å². The highest BCUT2D eigenvalue weighted by molar-refractivity contribution is 6.24. The van der Waals surface area contributed by atoms with Crippen LogP contribution in [0, 0.1) is 5.92 Å². The Labute approximate surface area is 155 Å². The van der Waals surface area contributed by atoms with E-state index in [0.717, 1.165) is 23.4 Å². The number of carbonyl (C=O) groups excluding carboxylic acids is 4. The maximum atomic E-state index is 13.0. The molecular formula is C19H20N4O4. The van der Waals surface area contributed by atoms with Crippen molar-refractivity contribution >= 4 is 23.6 Å². The SMILES string of the molecule is O=C1CCC(N2C(=O)c3cccc(CN[C@@H]4[C@H]5CCN[C@H]54)c3C2=O)C(=O)N1. The molecule has 1 unspecified atom stereocenters. The molecule has 1 saturated carbocycles. The van der Waals surface area contributed by atoms with Crippen LogP contribution in [0.1, 0.15) is 45.5 Å². The summed E-state index contributed by atoms with van der Waals surface area (Å²) in [5.74, 6) is -1.22. The summed E-state index contributed by atoms with van der Waals surface area (Å²) in [5.41, 5.74) is 1.47. The standard InChI is InChI=1S/C19H20N4O4/c24-13-5-4-12(17(25)22-13)23-18(26)10-3-1-2-9(14(10)19(23)27)8-21-16-11-6-7-20-15(11)16/h1-3,11-12,15-16,20-21H,4-8H2,(H,22,24,25)/t11-,12?,15+,16+/m0/s1. The van der Waals surface area contributed by atoms with E-state index in [-0.39, 0.29) is 18.7 Å². The lowest BCUT2D eigenvalue weighted by Gasteiger charge is -2.27. The first-order valence-electron chi connectivity index (χ1n) is 9.36. The van der Waals surface area contributed by atoms with Crippen molar-refractivity contribution in [1.29, 1.82) is 0 Å². The molecule has 0 aromatic heterocycles. The van der Waals surface area contributed by atoms with Gasteiger partial charge in [0.25, 0.3) is 11.8 Å². The summed E-state index contributed by atoms with van der Waals surface area (Å²) in [6, 6.07) is 5.23. The Hall–Kier alpha value is -2.58. The van der Waals surface area contributed by atoms with Gasteiger partial charge in [0.05, 0.1) is 11.1 Å². The van der Waals surface area contributed by atoms with Gasteiger partial charge in [0, 0.05) is 25.0 Å². The van der Waals surface area contributed by atoms with Crippen LogP contribution in [0.2, 0.25) is 0 Å². The largest absolute Gasteiger partial charge is 0.312 e. The van der Waals surface area contributed by atoms with Crippen LogP contribution in [0.15, 0.2) is 18.2 Å². The smallest absolute Gasteiger partial charge is 0.262 e. The predicted molar refractivity (Wildman–Crippen MR) is 93.6 cm³/mol. The third-order valence-electron chi connectivity index (χ3n) is 6.11. The summed E-state index contributed by atoms with van der Waals surface area (Å²) in [6.45, 7) is 1.56. The molecule has 0 radical (unpaired) electrons. The molecule has 8 nitrogen and oxygen atoms in total. The van der Waals surface area contributed by atoms with Crippen molar-refractivity contribution in [3.8, 4) is 0 Å². The first-order valence-corrected chi connectivity index (χ1v) is 9.36. The highest BCUT2D eigenvalue weighted by atomic mass is 16.2. The zero-order valence-electron chi connectivity index (χ0n) is 14.7. The monoisotopic (exact) mass is 368 g/mol. The molecule has 3 N–H and O–H groups in total. The second-order valence-corrected chi connectivity index (χ2v) is 7.63. The number of fused-ring (bicyclic) bond motifs is 2. The zero-order valence-corrected chi connectivity index (χ0v) is 14.7. The minimum atomic E-state index is -0.928. The molecule has 27 heavy (non-hydrogen) atoms. The number of benzene rings is 1. The van der Waals surface area contributed by atoms with E-state index in [2.05, 4.69) is 16.0 Å². The third kappa shape index (κ3) is 2.51. The molecule has 8 heteroatoms. The molecular weight excluding hydrogens is 348 g/mol. The molecule has 3 heterocycles. The van der Waals surface area contributed by atoms with Crippen molar-refractivity contribution in [2.75, 3.05) is 6.54 Å². The van der Waals surface area contributed by atoms with Crippen molar-refractivity contribution < 1.29 is 19.2 Å². The van der Waals surface area contributed by atoms with Crippen LogP contribution in [0.5, 0.6) is 0 Å². The van der Waals surface area contributed by atoms with Gasteiger partial charge >= 0.3 is 0 Å². The summed E-state index contributed by atoms with van der Waals surface area (Å²) < 4.78 is 0. The average Bonchev–Trinajstić information content (AvgIpc) is 2.97. The normalized spacial score (nSPS) is 31.8. The number of nitrogens with zero attached hydrogens (tertiary/aromatic N) is 1. The van der Waals surface area contributed by atoms with Gasteiger partial charge in [-0.2, -0.15) is 0 Å². The van der Waals surface area contributed by atoms with Gasteiger partial charge in [-0.05, 0) is 36.9 Å². The molecule has 3 fully saturated rings. The first kappa shape index (κ1) is 16.6. The van der Waals surface area contributed by atoms with Crippen LogP contribution in [0.3, 0.4) is 0 Å². The lowest BCUT2D eigenvalue weighted by Crippen LogP contribution is -2.54. The van der Waals surface area contributed by atoms with Crippen LogP contribution in [-0.2, 0) is 16.1 Å². The third-order valence-corrected chi connectivity index (χ3v) is 6.11. The maximum absolute atomic E-state index is 13.0. The predicted octanol–water partition coefficient (Wildman–Crippen LogP) is -0.462. The van der Waals surface area contributed by atoms with E-state index in [9.17, 15) is 19.2 Å². The Kier molecular flexibility index (Phi) is 3.66. The zero-order chi connectivity index (χ0) is 18.7. The molecule has 1 aromatic rings. The molecule has 1 aliphatic carbocycles. The maximum Gasteiger partial charge on any atom is 0.262 e. The highest BCUT2D eigenvalue weighted by Gasteiger charge is 2.52. The van der Waals surface area contributed by atoms with Gasteiger partial charge < -0.3 is 10.6 Å². The fourth-order valence-electron chi connectivity index (χ4n) is 4.67. The van der Waals surface area contributed by atoms with Crippen molar-refractivity contribution in [3.05, 3.63) is 34.9 Å². The van der Waals surface area contributed by atoms with Crippen molar-refractivity contribution in [2.24, 2.45) is 5.92 Å². The van der Waals surface area contributed by atoms with E-state index in [1.165, 1.54) is 0 Å². The number of rotatable bonds is 4. The van der Waals surface area contributed by atoms with Crippen LogP contribution in [0.25, 0.3) is 0 Å². The molecule has 4 aliphatic rings. The van der Waals surface area contributed by atoms with Crippen molar-refractivity contribution in [3.63, 3.8) is 0 Å². The van der Waals surface area contributed by atoms with Gasteiger partial charge in [-0.3, -0.25) is 29.4 Å². The minimum absolute atomic E-state index is 0.121. The van der Waals surface area contributed by atoms with E-state index >= 15 is 0 Å². The first-order chi connectivity index (χ1) is 13.1. The van der Waals surface area contributed by atoms with E-state index in [4.69, 9.17) is 0 Å². The van der Waals surface area contributed by atoms with Crippen LogP contribution in [-0.4, -0.2) is 53.2 Å². The number of piperidine rings is 2. The molecule has 0 bridgehead atoms. The Bertz CT molecular complexity index is 872. The Balaban J connectivity index is 1.37. The summed E-state index contributed by atoms with van der Waals surface area (Å²) in [6.07, 6.45) is 1.45. The van der Waals surface area contributed by atoms with E-state index < -0.39 is 23.8 Å². The Morgan fingerprint density at radius 2 is 1.96 bits per heavy atom. The number of amides is 4. The molecule has 4 atom stereocenters. The van der Waals surface area contributed by atoms with Crippen LogP contribution < -0.4 is 16.0 Å². The second kappa shape index (κ2) is 5.97. The molecule has 0 spiro atoms. The highest BCUT2D eigenvalue weighted by Crippen LogP contribution is 2.39. The second-order valence-electron chi connectivity index (χ2n) is 7.63. The van der Waals surface area contributed by atoms with Gasteiger partial charge in [-0.15, -0.1) is 0 Å². The molecule has 5 rings (SSSR count). The molecule has 1 aromatic carbocycles. The van der Waals surface area contributed by atoms with Gasteiger partial charge in [0.15, 0.2) is 0 Å².